The van der Waals surface area contributed by atoms with Crippen LogP contribution in [0.5, 0.6) is 0 Å². The second kappa shape index (κ2) is 7.51. The molecule has 0 saturated carbocycles. The molecule has 7 nitrogen and oxygen atoms in total. The highest BCUT2D eigenvalue weighted by Crippen LogP contribution is 2.34. The fraction of sp³-hybridized carbons (Fsp3) is 0.368. The maximum atomic E-state index is 12.4. The van der Waals surface area contributed by atoms with Crippen molar-refractivity contribution in [2.24, 2.45) is 11.8 Å². The molecule has 2 aliphatic rings. The van der Waals surface area contributed by atoms with Gasteiger partial charge in [-0.05, 0) is 31.9 Å². The molecule has 1 heterocycles. The van der Waals surface area contributed by atoms with Crippen molar-refractivity contribution >= 4 is 29.4 Å². The molecule has 0 aromatic heterocycles. The van der Waals surface area contributed by atoms with Crippen LogP contribution in [0.2, 0.25) is 0 Å². The molecule has 7 heteroatoms. The molecule has 26 heavy (non-hydrogen) atoms. The summed E-state index contributed by atoms with van der Waals surface area (Å²) in [4.78, 5) is 50.2. The summed E-state index contributed by atoms with van der Waals surface area (Å²) in [5.74, 6) is -2.43. The maximum absolute atomic E-state index is 12.4. The number of carbonyl (C=O) groups is 4. The first-order chi connectivity index (χ1) is 12.5. The summed E-state index contributed by atoms with van der Waals surface area (Å²) in [6.07, 6.45) is 4.84. The Kier molecular flexibility index (Phi) is 5.16. The third-order valence-corrected chi connectivity index (χ3v) is 4.60. The topological polar surface area (TPSA) is 92.8 Å². The first kappa shape index (κ1) is 17.8. The number of benzene rings is 1. The highest BCUT2D eigenvalue weighted by molar-refractivity contribution is 6.09. The number of nitrogens with one attached hydrogen (secondary N) is 1. The Labute approximate surface area is 151 Å². The monoisotopic (exact) mass is 356 g/mol. The fourth-order valence-electron chi connectivity index (χ4n) is 3.34. The van der Waals surface area contributed by atoms with Crippen molar-refractivity contribution in [3.63, 3.8) is 0 Å². The van der Waals surface area contributed by atoms with Gasteiger partial charge >= 0.3 is 5.97 Å². The molecule has 1 N–H and O–H groups in total. The summed E-state index contributed by atoms with van der Waals surface area (Å²) in [5, 5.41) is 2.60. The van der Waals surface area contributed by atoms with Crippen LogP contribution in [0.1, 0.15) is 30.1 Å². The van der Waals surface area contributed by atoms with Gasteiger partial charge in [0.2, 0.25) is 17.7 Å². The molecular weight excluding hydrogens is 336 g/mol. The Morgan fingerprint density at radius 2 is 1.73 bits per heavy atom. The molecule has 0 radical (unpaired) electrons. The summed E-state index contributed by atoms with van der Waals surface area (Å²) < 4.78 is 4.97. The van der Waals surface area contributed by atoms with E-state index >= 15 is 0 Å². The number of amides is 3. The third kappa shape index (κ3) is 3.37. The number of rotatable bonds is 5. The van der Waals surface area contributed by atoms with Crippen molar-refractivity contribution < 1.29 is 23.9 Å². The molecule has 0 spiro atoms. The lowest BCUT2D eigenvalue weighted by Crippen LogP contribution is -2.38. The van der Waals surface area contributed by atoms with Gasteiger partial charge in [-0.15, -0.1) is 0 Å². The first-order valence-corrected chi connectivity index (χ1v) is 8.59. The summed E-state index contributed by atoms with van der Waals surface area (Å²) in [7, 11) is 0. The van der Waals surface area contributed by atoms with Crippen molar-refractivity contribution in [2.45, 2.75) is 19.8 Å². The van der Waals surface area contributed by atoms with E-state index in [0.29, 0.717) is 12.8 Å². The first-order valence-electron chi connectivity index (χ1n) is 8.59. The average Bonchev–Trinajstić information content (AvgIpc) is 2.88. The molecule has 3 amide bonds. The Hall–Kier alpha value is -2.96. The predicted molar refractivity (Wildman–Crippen MR) is 93.1 cm³/mol. The van der Waals surface area contributed by atoms with E-state index in [-0.39, 0.29) is 48.1 Å². The second-order valence-corrected chi connectivity index (χ2v) is 6.23. The highest BCUT2D eigenvalue weighted by atomic mass is 16.5. The molecular formula is C19H20N2O5. The lowest BCUT2D eigenvalue weighted by molar-refractivity contribution is -0.142. The minimum atomic E-state index is -0.547. The van der Waals surface area contributed by atoms with Gasteiger partial charge < -0.3 is 10.1 Å². The van der Waals surface area contributed by atoms with Gasteiger partial charge in [-0.25, -0.2) is 4.79 Å². The lowest BCUT2D eigenvalue weighted by Gasteiger charge is -2.15. The second-order valence-electron chi connectivity index (χ2n) is 6.23. The smallest absolute Gasteiger partial charge is 0.340 e. The van der Waals surface area contributed by atoms with Gasteiger partial charge in [0, 0.05) is 0 Å². The van der Waals surface area contributed by atoms with Gasteiger partial charge in [0.05, 0.1) is 29.7 Å². The molecule has 136 valence electrons. The highest BCUT2D eigenvalue weighted by Gasteiger charge is 2.47. The normalized spacial score (nSPS) is 21.5. The standard InChI is InChI=1S/C19H20N2O5/c1-2-26-19(25)14-9-5-6-10-15(14)20-16(22)11-21-17(23)12-7-3-4-8-13(12)18(21)24/h3-6,9-10,12-13H,2,7-8,11H2,1H3,(H,20,22)/t12-,13+. The number of carbonyl (C=O) groups excluding carboxylic acids is 4. The van der Waals surface area contributed by atoms with Gasteiger partial charge in [-0.1, -0.05) is 24.3 Å². The number of fused-ring (bicyclic) bond motifs is 1. The largest absolute Gasteiger partial charge is 0.462 e. The molecule has 0 unspecified atom stereocenters. The van der Waals surface area contributed by atoms with E-state index in [1.54, 1.807) is 31.2 Å². The molecule has 1 aliphatic carbocycles. The minimum Gasteiger partial charge on any atom is -0.462 e. The molecule has 2 atom stereocenters. The van der Waals surface area contributed by atoms with Crippen LogP contribution in [0.4, 0.5) is 5.69 Å². The number of ether oxygens (including phenoxy) is 1. The van der Waals surface area contributed by atoms with Crippen molar-refractivity contribution in [1.29, 1.82) is 0 Å². The van der Waals surface area contributed by atoms with Crippen LogP contribution in [0, 0.1) is 11.8 Å². The zero-order chi connectivity index (χ0) is 18.7. The van der Waals surface area contributed by atoms with Gasteiger partial charge in [0.15, 0.2) is 0 Å². The van der Waals surface area contributed by atoms with Crippen LogP contribution < -0.4 is 5.32 Å². The Balaban J connectivity index is 1.69. The quantitative estimate of drug-likeness (QED) is 0.493. The van der Waals surface area contributed by atoms with Gasteiger partial charge in [0.25, 0.3) is 0 Å². The molecule has 1 saturated heterocycles. The number of anilines is 1. The molecule has 1 aliphatic heterocycles. The number of hydrogen-bond donors (Lipinski definition) is 1. The van der Waals surface area contributed by atoms with E-state index in [1.807, 2.05) is 12.2 Å². The molecule has 0 bridgehead atoms. The van der Waals surface area contributed by atoms with E-state index in [0.717, 1.165) is 4.90 Å². The van der Waals surface area contributed by atoms with Crippen LogP contribution in [0.25, 0.3) is 0 Å². The number of imide groups is 1. The number of allylic oxidation sites excluding steroid dienone is 2. The van der Waals surface area contributed by atoms with Gasteiger partial charge in [-0.3, -0.25) is 19.3 Å². The van der Waals surface area contributed by atoms with Crippen LogP contribution in [0.3, 0.4) is 0 Å². The molecule has 3 rings (SSSR count). The van der Waals surface area contributed by atoms with Crippen molar-refractivity contribution in [1.82, 2.24) is 4.90 Å². The van der Waals surface area contributed by atoms with Crippen molar-refractivity contribution in [2.75, 3.05) is 18.5 Å². The van der Waals surface area contributed by atoms with E-state index in [9.17, 15) is 19.2 Å². The number of likely N-dealkylation sites (tertiary alicyclic amines) is 1. The maximum Gasteiger partial charge on any atom is 0.340 e. The fourth-order valence-corrected chi connectivity index (χ4v) is 3.34. The van der Waals surface area contributed by atoms with Crippen LogP contribution in [-0.4, -0.2) is 41.7 Å². The SMILES string of the molecule is CCOC(=O)c1ccccc1NC(=O)CN1C(=O)[C@H]2CC=CC[C@H]2C1=O. The van der Waals surface area contributed by atoms with Crippen LogP contribution in [0.15, 0.2) is 36.4 Å². The van der Waals surface area contributed by atoms with E-state index in [4.69, 9.17) is 4.74 Å². The van der Waals surface area contributed by atoms with E-state index < -0.39 is 11.9 Å². The number of hydrogen-bond acceptors (Lipinski definition) is 5. The number of nitrogens with zero attached hydrogens (tertiary/aromatic N) is 1. The van der Waals surface area contributed by atoms with E-state index in [2.05, 4.69) is 5.32 Å². The third-order valence-electron chi connectivity index (χ3n) is 4.60. The van der Waals surface area contributed by atoms with Gasteiger partial charge in [0.1, 0.15) is 6.54 Å². The zero-order valence-electron chi connectivity index (χ0n) is 14.4. The number of esters is 1. The van der Waals surface area contributed by atoms with Crippen LogP contribution >= 0.6 is 0 Å². The summed E-state index contributed by atoms with van der Waals surface area (Å²) in [5.41, 5.74) is 0.508. The van der Waals surface area contributed by atoms with Crippen molar-refractivity contribution in [3.05, 3.63) is 42.0 Å². The van der Waals surface area contributed by atoms with Crippen molar-refractivity contribution in [3.8, 4) is 0 Å². The van der Waals surface area contributed by atoms with Crippen LogP contribution in [-0.2, 0) is 19.1 Å². The Bertz CT molecular complexity index is 760. The summed E-state index contributed by atoms with van der Waals surface area (Å²) >= 11 is 0. The predicted octanol–water partition coefficient (Wildman–Crippen LogP) is 1.75. The molecule has 1 fully saturated rings. The van der Waals surface area contributed by atoms with E-state index in [1.165, 1.54) is 0 Å². The zero-order valence-corrected chi connectivity index (χ0v) is 14.4. The summed E-state index contributed by atoms with van der Waals surface area (Å²) in [6.45, 7) is 1.55. The summed E-state index contributed by atoms with van der Waals surface area (Å²) in [6, 6.07) is 6.44. The van der Waals surface area contributed by atoms with Gasteiger partial charge in [-0.2, -0.15) is 0 Å². The average molecular weight is 356 g/mol. The Morgan fingerprint density at radius 1 is 1.12 bits per heavy atom. The molecule has 1 aromatic rings. The molecule has 1 aromatic carbocycles. The minimum absolute atomic E-state index is 0.217. The number of para-hydroxylation sites is 1. The lowest BCUT2D eigenvalue weighted by atomic mass is 9.85. The Morgan fingerprint density at radius 3 is 2.35 bits per heavy atom.